The van der Waals surface area contributed by atoms with Gasteiger partial charge in [-0.15, -0.1) is 0 Å². The Morgan fingerprint density at radius 2 is 2.23 bits per heavy atom. The fourth-order valence-electron chi connectivity index (χ4n) is 1.97. The Balaban J connectivity index is 2.25. The number of primary amides is 1. The minimum Gasteiger partial charge on any atom is -0.368 e. The van der Waals surface area contributed by atoms with Gasteiger partial charge in [-0.25, -0.2) is 0 Å². The first-order valence-corrected chi connectivity index (χ1v) is 7.10. The number of aryl methyl sites for hydroxylation is 1. The summed E-state index contributed by atoms with van der Waals surface area (Å²) in [7, 11) is 0. The summed E-state index contributed by atoms with van der Waals surface area (Å²) in [4.78, 5) is 23.0. The molecule has 0 fully saturated rings. The smallest absolute Gasteiger partial charge is 0.240 e. The highest BCUT2D eigenvalue weighted by Gasteiger charge is 2.16. The van der Waals surface area contributed by atoms with E-state index in [2.05, 4.69) is 15.5 Å². The van der Waals surface area contributed by atoms with E-state index in [0.29, 0.717) is 10.6 Å². The highest BCUT2D eigenvalue weighted by Crippen LogP contribution is 2.18. The van der Waals surface area contributed by atoms with Crippen molar-refractivity contribution < 1.29 is 9.59 Å². The predicted octanol–water partition coefficient (Wildman–Crippen LogP) is 0.906. The lowest BCUT2D eigenvalue weighted by Gasteiger charge is -2.11. The van der Waals surface area contributed by atoms with E-state index in [4.69, 9.17) is 18.0 Å². The van der Waals surface area contributed by atoms with Crippen LogP contribution in [0.3, 0.4) is 0 Å². The van der Waals surface area contributed by atoms with E-state index in [-0.39, 0.29) is 12.5 Å². The number of H-pyrrole nitrogens is 1. The van der Waals surface area contributed by atoms with E-state index < -0.39 is 11.9 Å². The van der Waals surface area contributed by atoms with Gasteiger partial charge in [-0.05, 0) is 32.1 Å². The molecule has 4 N–H and O–H groups in total. The van der Waals surface area contributed by atoms with Crippen LogP contribution in [0.25, 0.3) is 11.4 Å². The molecule has 0 saturated carbocycles. The van der Waals surface area contributed by atoms with E-state index in [0.717, 1.165) is 11.1 Å². The molecule has 0 radical (unpaired) electrons. The first-order chi connectivity index (χ1) is 10.4. The Bertz CT molecular complexity index is 765. The van der Waals surface area contributed by atoms with Gasteiger partial charge in [-0.3, -0.25) is 19.3 Å². The third kappa shape index (κ3) is 3.59. The summed E-state index contributed by atoms with van der Waals surface area (Å²) < 4.78 is 1.91. The van der Waals surface area contributed by atoms with Crippen LogP contribution in [-0.4, -0.2) is 32.6 Å². The molecule has 1 atom stereocenters. The average molecular weight is 319 g/mol. The van der Waals surface area contributed by atoms with Crippen molar-refractivity contribution in [1.29, 1.82) is 0 Å². The molecule has 2 rings (SSSR count). The van der Waals surface area contributed by atoms with E-state index in [1.165, 1.54) is 6.92 Å². The minimum atomic E-state index is -0.740. The quantitative estimate of drug-likeness (QED) is 0.712. The lowest BCUT2D eigenvalue weighted by Crippen LogP contribution is -2.43. The maximum Gasteiger partial charge on any atom is 0.240 e. The number of aromatic nitrogens is 3. The number of carbonyl (C=O) groups excluding carboxylic acids is 2. The van der Waals surface area contributed by atoms with Gasteiger partial charge in [0.2, 0.25) is 11.8 Å². The van der Waals surface area contributed by atoms with Gasteiger partial charge in [-0.1, -0.05) is 23.8 Å². The van der Waals surface area contributed by atoms with Crippen LogP contribution in [-0.2, 0) is 16.1 Å². The molecule has 2 amide bonds. The molecule has 7 nitrogen and oxygen atoms in total. The third-order valence-corrected chi connectivity index (χ3v) is 3.45. The van der Waals surface area contributed by atoms with Crippen LogP contribution in [0.1, 0.15) is 12.5 Å². The van der Waals surface area contributed by atoms with Gasteiger partial charge in [0.25, 0.3) is 0 Å². The van der Waals surface area contributed by atoms with Gasteiger partial charge in [-0.2, -0.15) is 5.10 Å². The normalized spacial score (nSPS) is 11.9. The number of nitrogens with two attached hydrogens (primary N) is 1. The average Bonchev–Trinajstić information content (AvgIpc) is 2.80. The summed E-state index contributed by atoms with van der Waals surface area (Å²) in [5.74, 6) is -0.392. The molecule has 0 aliphatic heterocycles. The van der Waals surface area contributed by atoms with Crippen LogP contribution in [0.2, 0.25) is 0 Å². The van der Waals surface area contributed by atoms with Crippen LogP contribution in [0.15, 0.2) is 24.3 Å². The molecule has 1 heterocycles. The number of nitrogens with zero attached hydrogens (tertiary/aromatic N) is 2. The molecular weight excluding hydrogens is 302 g/mol. The van der Waals surface area contributed by atoms with Gasteiger partial charge < -0.3 is 11.1 Å². The summed E-state index contributed by atoms with van der Waals surface area (Å²) in [5, 5.41) is 9.36. The largest absolute Gasteiger partial charge is 0.368 e. The molecule has 116 valence electrons. The number of nitrogens with one attached hydrogen (secondary N) is 2. The summed E-state index contributed by atoms with van der Waals surface area (Å²) in [6, 6.07) is 6.97. The molecule has 1 aromatic carbocycles. The molecule has 0 spiro atoms. The zero-order chi connectivity index (χ0) is 16.3. The number of carbonyl (C=O) groups is 2. The zero-order valence-corrected chi connectivity index (χ0v) is 13.1. The summed E-state index contributed by atoms with van der Waals surface area (Å²) >= 11 is 5.16. The number of hydrogen-bond donors (Lipinski definition) is 3. The molecule has 0 aliphatic carbocycles. The topological polar surface area (TPSA) is 106 Å². The van der Waals surface area contributed by atoms with Crippen LogP contribution in [0.4, 0.5) is 0 Å². The standard InChI is InChI=1S/C14H17N5O2S/c1-8-4-3-5-10(6-8)13-17-18-14(22)19(13)7-11(20)16-9(2)12(15)21/h3-6,9H,7H2,1-2H3,(H2,15,21)(H,16,20)(H,18,22)/t9-/m1/s1. The monoisotopic (exact) mass is 319 g/mol. The second-order valence-corrected chi connectivity index (χ2v) is 5.39. The van der Waals surface area contributed by atoms with Crippen LogP contribution >= 0.6 is 12.2 Å². The molecule has 0 unspecified atom stereocenters. The lowest BCUT2D eigenvalue weighted by molar-refractivity contribution is -0.127. The second-order valence-electron chi connectivity index (χ2n) is 5.00. The number of rotatable bonds is 5. The van der Waals surface area contributed by atoms with E-state index in [1.54, 1.807) is 4.57 Å². The number of aromatic amines is 1. The van der Waals surface area contributed by atoms with Gasteiger partial charge in [0, 0.05) is 5.56 Å². The lowest BCUT2D eigenvalue weighted by atomic mass is 10.1. The van der Waals surface area contributed by atoms with Crippen molar-refractivity contribution in [1.82, 2.24) is 20.1 Å². The van der Waals surface area contributed by atoms with E-state index in [1.807, 2.05) is 31.2 Å². The Hall–Kier alpha value is -2.48. The SMILES string of the molecule is Cc1cccc(-c2n[nH]c(=S)n2CC(=O)N[C@H](C)C(N)=O)c1. The number of hydrogen-bond acceptors (Lipinski definition) is 4. The molecule has 22 heavy (non-hydrogen) atoms. The maximum atomic E-state index is 12.0. The van der Waals surface area contributed by atoms with Crippen LogP contribution in [0, 0.1) is 11.7 Å². The first-order valence-electron chi connectivity index (χ1n) is 6.69. The maximum absolute atomic E-state index is 12.0. The van der Waals surface area contributed by atoms with Gasteiger partial charge in [0.15, 0.2) is 10.6 Å². The molecule has 0 bridgehead atoms. The van der Waals surface area contributed by atoms with Crippen LogP contribution < -0.4 is 11.1 Å². The van der Waals surface area contributed by atoms with Crippen molar-refractivity contribution in [3.63, 3.8) is 0 Å². The van der Waals surface area contributed by atoms with Crippen molar-refractivity contribution in [2.24, 2.45) is 5.73 Å². The zero-order valence-electron chi connectivity index (χ0n) is 12.3. The fourth-order valence-corrected chi connectivity index (χ4v) is 2.17. The van der Waals surface area contributed by atoms with E-state index >= 15 is 0 Å². The molecule has 8 heteroatoms. The summed E-state index contributed by atoms with van der Waals surface area (Å²) in [6.45, 7) is 3.45. The third-order valence-electron chi connectivity index (χ3n) is 3.14. The number of benzene rings is 1. The molecule has 0 saturated heterocycles. The molecule has 1 aromatic heterocycles. The van der Waals surface area contributed by atoms with Crippen molar-refractivity contribution in [3.8, 4) is 11.4 Å². The van der Waals surface area contributed by atoms with E-state index in [9.17, 15) is 9.59 Å². The predicted molar refractivity (Wildman–Crippen MR) is 84.4 cm³/mol. The first kappa shape index (κ1) is 15.9. The van der Waals surface area contributed by atoms with Crippen molar-refractivity contribution in [2.45, 2.75) is 26.4 Å². The minimum absolute atomic E-state index is 0.0454. The summed E-state index contributed by atoms with van der Waals surface area (Å²) in [6.07, 6.45) is 0. The molecule has 0 aliphatic rings. The Labute approximate surface area is 132 Å². The Morgan fingerprint density at radius 3 is 2.86 bits per heavy atom. The Kier molecular flexibility index (Phi) is 4.71. The molecular formula is C14H17N5O2S. The number of amides is 2. The van der Waals surface area contributed by atoms with Crippen molar-refractivity contribution >= 4 is 24.0 Å². The van der Waals surface area contributed by atoms with Gasteiger partial charge in [0.1, 0.15) is 12.6 Å². The van der Waals surface area contributed by atoms with Crippen LogP contribution in [0.5, 0.6) is 0 Å². The van der Waals surface area contributed by atoms with Gasteiger partial charge >= 0.3 is 0 Å². The highest BCUT2D eigenvalue weighted by atomic mass is 32.1. The van der Waals surface area contributed by atoms with Gasteiger partial charge in [0.05, 0.1) is 0 Å². The molecule has 2 aromatic rings. The van der Waals surface area contributed by atoms with Crippen molar-refractivity contribution in [2.75, 3.05) is 0 Å². The fraction of sp³-hybridized carbons (Fsp3) is 0.286. The van der Waals surface area contributed by atoms with Crippen molar-refractivity contribution in [3.05, 3.63) is 34.6 Å². The Morgan fingerprint density at radius 1 is 1.50 bits per heavy atom. The summed E-state index contributed by atoms with van der Waals surface area (Å²) in [5.41, 5.74) is 7.05. The highest BCUT2D eigenvalue weighted by molar-refractivity contribution is 7.71. The second kappa shape index (κ2) is 6.52.